The van der Waals surface area contributed by atoms with Gasteiger partial charge in [0.2, 0.25) is 10.2 Å². The molecule has 0 atom stereocenters. The number of carbonyl (C=O) groups excluding carboxylic acids is 4. The third-order valence-electron chi connectivity index (χ3n) is 1.72. The predicted molar refractivity (Wildman–Crippen MR) is 79.0 cm³/mol. The molecule has 0 bridgehead atoms. The first-order valence-electron chi connectivity index (χ1n) is 4.40. The first-order valence-corrected chi connectivity index (χ1v) is 6.93. The molecule has 4 nitrogen and oxygen atoms in total. The lowest BCUT2D eigenvalue weighted by Gasteiger charge is -2.00. The average molecular weight is 318 g/mol. The van der Waals surface area contributed by atoms with Crippen LogP contribution >= 0.6 is 48.8 Å². The van der Waals surface area contributed by atoms with E-state index in [9.17, 15) is 19.2 Å². The maximum Gasteiger partial charge on any atom is 0.250 e. The molecule has 8 heteroatoms. The molecule has 0 aliphatic rings. The average Bonchev–Trinajstić information content (AvgIpc) is 2.27. The van der Waals surface area contributed by atoms with Crippen molar-refractivity contribution < 1.29 is 19.2 Å². The Balaban J connectivity index is 2.79. The molecule has 94 valence electrons. The molecule has 1 aromatic carbocycles. The summed E-state index contributed by atoms with van der Waals surface area (Å²) in [6.07, 6.45) is 0. The van der Waals surface area contributed by atoms with Crippen LogP contribution in [0.4, 0.5) is 9.59 Å². The Labute approximate surface area is 122 Å². The Morgan fingerprint density at radius 2 is 1.00 bits per heavy atom. The molecular weight excluding hydrogens is 312 g/mol. The minimum Gasteiger partial charge on any atom is -0.281 e. The molecule has 0 saturated carbocycles. The molecule has 18 heavy (non-hydrogen) atoms. The van der Waals surface area contributed by atoms with E-state index < -0.39 is 19.1 Å². The van der Waals surface area contributed by atoms with Gasteiger partial charge >= 0.3 is 0 Å². The molecule has 0 unspecified atom stereocenters. The summed E-state index contributed by atoms with van der Waals surface area (Å²) in [5.41, 5.74) is 0.558. The Hall–Kier alpha value is -0.700. The quantitative estimate of drug-likeness (QED) is 0.813. The van der Waals surface area contributed by atoms with Gasteiger partial charge in [0.15, 0.2) is 0 Å². The summed E-state index contributed by atoms with van der Waals surface area (Å²) in [6, 6.07) is 5.62. The van der Waals surface area contributed by atoms with E-state index in [1.54, 1.807) is 0 Å². The Morgan fingerprint density at radius 3 is 1.22 bits per heavy atom. The van der Waals surface area contributed by atoms with Crippen LogP contribution < -0.4 is 0 Å². The Kier molecular flexibility index (Phi) is 6.00. The van der Waals surface area contributed by atoms with Gasteiger partial charge in [-0.25, -0.2) is 0 Å². The molecule has 0 N–H and O–H groups in total. The molecule has 0 aliphatic carbocycles. The van der Waals surface area contributed by atoms with Crippen molar-refractivity contribution in [2.75, 3.05) is 0 Å². The van der Waals surface area contributed by atoms with Crippen LogP contribution in [0.25, 0.3) is 0 Å². The minimum atomic E-state index is -0.601. The van der Waals surface area contributed by atoms with Gasteiger partial charge < -0.3 is 0 Å². The molecule has 1 rings (SSSR count). The van der Waals surface area contributed by atoms with Crippen molar-refractivity contribution in [1.82, 2.24) is 0 Å². The molecule has 0 saturated heterocycles. The first-order chi connectivity index (χ1) is 8.40. The van der Waals surface area contributed by atoms with Gasteiger partial charge in [-0.1, -0.05) is 25.3 Å². The lowest BCUT2D eigenvalue weighted by atomic mass is 10.2. The number of thioether (sulfide) groups is 2. The topological polar surface area (TPSA) is 68.3 Å². The Bertz CT molecular complexity index is 462. The Morgan fingerprint density at radius 1 is 0.722 bits per heavy atom. The number of carbonyl (C=O) groups is 4. The molecule has 0 heterocycles. The molecule has 0 fully saturated rings. The standard InChI is InChI=1S/C10H6O4S4/c11-7(17-9(13)15)5-1-2-6(4-3-5)8(12)18-10(14)16/h1-4H,(H,13,15)(H,14,16). The van der Waals surface area contributed by atoms with E-state index in [4.69, 9.17) is 0 Å². The maximum absolute atomic E-state index is 11.5. The van der Waals surface area contributed by atoms with E-state index in [-0.39, 0.29) is 11.1 Å². The summed E-state index contributed by atoms with van der Waals surface area (Å²) in [7, 11) is 0. The predicted octanol–water partition coefficient (Wildman–Crippen LogP) is 3.53. The minimum absolute atomic E-state index is 0.279. The van der Waals surface area contributed by atoms with Crippen molar-refractivity contribution in [3.8, 4) is 0 Å². The summed E-state index contributed by atoms with van der Waals surface area (Å²) < 4.78 is -1.20. The monoisotopic (exact) mass is 318 g/mol. The second kappa shape index (κ2) is 7.03. The highest BCUT2D eigenvalue weighted by Crippen LogP contribution is 2.19. The highest BCUT2D eigenvalue weighted by molar-refractivity contribution is 8.40. The highest BCUT2D eigenvalue weighted by atomic mass is 32.2. The zero-order chi connectivity index (χ0) is 13.7. The van der Waals surface area contributed by atoms with Crippen molar-refractivity contribution in [1.29, 1.82) is 0 Å². The number of hydrogen-bond donors (Lipinski definition) is 2. The molecule has 0 amide bonds. The van der Waals surface area contributed by atoms with Crippen LogP contribution in [0.2, 0.25) is 0 Å². The lowest BCUT2D eigenvalue weighted by molar-refractivity contribution is 0.107. The van der Waals surface area contributed by atoms with Crippen molar-refractivity contribution in [2.24, 2.45) is 0 Å². The van der Waals surface area contributed by atoms with E-state index >= 15 is 0 Å². The smallest absolute Gasteiger partial charge is 0.250 e. The van der Waals surface area contributed by atoms with Crippen LogP contribution in [0.1, 0.15) is 20.7 Å². The van der Waals surface area contributed by atoms with Gasteiger partial charge in [0.1, 0.15) is 0 Å². The van der Waals surface area contributed by atoms with Gasteiger partial charge in [-0.05, 0) is 24.3 Å². The summed E-state index contributed by atoms with van der Waals surface area (Å²) >= 11 is 7.88. The zero-order valence-electron chi connectivity index (χ0n) is 8.65. The van der Waals surface area contributed by atoms with Gasteiger partial charge in [-0.15, -0.1) is 0 Å². The summed E-state index contributed by atoms with van der Waals surface area (Å²) in [4.78, 5) is 44.2. The van der Waals surface area contributed by atoms with E-state index in [1.807, 2.05) is 0 Å². The number of benzene rings is 1. The van der Waals surface area contributed by atoms with Crippen LogP contribution in [-0.4, -0.2) is 19.1 Å². The van der Waals surface area contributed by atoms with Crippen LogP contribution in [0, 0.1) is 0 Å². The first kappa shape index (κ1) is 15.4. The van der Waals surface area contributed by atoms with Gasteiger partial charge in [-0.3, -0.25) is 19.2 Å². The fourth-order valence-electron chi connectivity index (χ4n) is 1.02. The van der Waals surface area contributed by atoms with Crippen molar-refractivity contribution >= 4 is 67.9 Å². The van der Waals surface area contributed by atoms with E-state index in [2.05, 4.69) is 25.3 Å². The van der Waals surface area contributed by atoms with Gasteiger partial charge in [0.05, 0.1) is 0 Å². The lowest BCUT2D eigenvalue weighted by Crippen LogP contribution is -1.98. The SMILES string of the molecule is O=C(S)SC(=O)c1ccc(C(=O)SC(=O)S)cc1. The van der Waals surface area contributed by atoms with E-state index in [0.717, 1.165) is 0 Å². The normalized spacial score (nSPS) is 9.89. The van der Waals surface area contributed by atoms with Crippen LogP contribution in [0.15, 0.2) is 24.3 Å². The molecule has 0 aliphatic heterocycles. The van der Waals surface area contributed by atoms with Gasteiger partial charge in [0, 0.05) is 34.7 Å². The van der Waals surface area contributed by atoms with Crippen LogP contribution in [0.5, 0.6) is 0 Å². The molecule has 0 spiro atoms. The highest BCUT2D eigenvalue weighted by Gasteiger charge is 2.13. The molecular formula is C10H6O4S4. The number of thiol groups is 2. The third kappa shape index (κ3) is 4.89. The second-order valence-corrected chi connectivity index (χ2v) is 6.20. The third-order valence-corrected chi connectivity index (χ3v) is 3.46. The summed E-state index contributed by atoms with van der Waals surface area (Å²) in [5.74, 6) is 0. The van der Waals surface area contributed by atoms with E-state index in [0.29, 0.717) is 23.5 Å². The fraction of sp³-hybridized carbons (Fsp3) is 0. The van der Waals surface area contributed by atoms with Gasteiger partial charge in [0.25, 0.3) is 8.89 Å². The van der Waals surface area contributed by atoms with Crippen molar-refractivity contribution in [2.45, 2.75) is 0 Å². The molecule has 0 aromatic heterocycles. The molecule has 1 aromatic rings. The fourth-order valence-corrected chi connectivity index (χ4v) is 2.34. The van der Waals surface area contributed by atoms with Crippen LogP contribution in [-0.2, 0) is 0 Å². The van der Waals surface area contributed by atoms with Crippen molar-refractivity contribution in [3.63, 3.8) is 0 Å². The largest absolute Gasteiger partial charge is 0.281 e. The number of rotatable bonds is 2. The summed E-state index contributed by atoms with van der Waals surface area (Å²) in [5, 5.41) is -0.904. The maximum atomic E-state index is 11.5. The molecule has 0 radical (unpaired) electrons. The van der Waals surface area contributed by atoms with Crippen LogP contribution in [0.3, 0.4) is 0 Å². The van der Waals surface area contributed by atoms with E-state index in [1.165, 1.54) is 24.3 Å². The van der Waals surface area contributed by atoms with Gasteiger partial charge in [-0.2, -0.15) is 0 Å². The zero-order valence-corrected chi connectivity index (χ0v) is 12.1. The second-order valence-electron chi connectivity index (χ2n) is 2.89. The van der Waals surface area contributed by atoms with Crippen molar-refractivity contribution in [3.05, 3.63) is 35.4 Å². The number of hydrogen-bond acceptors (Lipinski definition) is 6. The summed E-state index contributed by atoms with van der Waals surface area (Å²) in [6.45, 7) is 0.